The quantitative estimate of drug-likeness (QED) is 0.205. The number of pyridine rings is 1. The van der Waals surface area contributed by atoms with Crippen LogP contribution in [-0.2, 0) is 20.8 Å². The van der Waals surface area contributed by atoms with Crippen molar-refractivity contribution < 1.29 is 24.0 Å². The lowest BCUT2D eigenvalue weighted by atomic mass is 9.96. The van der Waals surface area contributed by atoms with Crippen LogP contribution in [0.5, 0.6) is 0 Å². The molecule has 4 saturated heterocycles. The zero-order valence-corrected chi connectivity index (χ0v) is 33.6. The molecule has 1 N–H and O–H groups in total. The Hall–Kier alpha value is -6.47. The van der Waals surface area contributed by atoms with Crippen LogP contribution in [0.1, 0.15) is 58.9 Å². The van der Waals surface area contributed by atoms with Gasteiger partial charge < -0.3 is 19.6 Å². The Kier molecular flexibility index (Phi) is 10.6. The van der Waals surface area contributed by atoms with E-state index >= 15 is 0 Å². The molecule has 16 nitrogen and oxygen atoms in total. The van der Waals surface area contributed by atoms with Gasteiger partial charge in [0.2, 0.25) is 29.4 Å². The highest BCUT2D eigenvalue weighted by Crippen LogP contribution is 2.35. The molecule has 0 radical (unpaired) electrons. The van der Waals surface area contributed by atoms with E-state index in [4.69, 9.17) is 6.57 Å². The Morgan fingerprint density at radius 2 is 1.62 bits per heavy atom. The maximum absolute atomic E-state index is 13.4. The Balaban J connectivity index is 0.719. The number of carbonyl (C=O) groups excluding carboxylic acids is 5. The smallest absolute Gasteiger partial charge is 0.262 e. The van der Waals surface area contributed by atoms with Crippen LogP contribution in [0.2, 0.25) is 0 Å². The summed E-state index contributed by atoms with van der Waals surface area (Å²) in [5, 5.41) is 3.20. The van der Waals surface area contributed by atoms with Crippen LogP contribution in [0.15, 0.2) is 61.1 Å². The van der Waals surface area contributed by atoms with Crippen LogP contribution in [0.3, 0.4) is 0 Å². The molecule has 4 fully saturated rings. The van der Waals surface area contributed by atoms with Gasteiger partial charge in [-0.05, 0) is 68.0 Å². The first kappa shape index (κ1) is 39.0. The molecule has 5 aliphatic rings. The molecule has 4 aromatic rings. The Morgan fingerprint density at radius 3 is 2.35 bits per heavy atom. The topological polar surface area (TPSA) is 160 Å². The van der Waals surface area contributed by atoms with Crippen molar-refractivity contribution in [2.45, 2.75) is 51.1 Å². The van der Waals surface area contributed by atoms with Gasteiger partial charge in [0.25, 0.3) is 11.8 Å². The van der Waals surface area contributed by atoms with E-state index in [2.05, 4.69) is 51.6 Å². The molecule has 5 aliphatic heterocycles. The van der Waals surface area contributed by atoms with Gasteiger partial charge in [-0.15, -0.1) is 0 Å². The van der Waals surface area contributed by atoms with Crippen LogP contribution >= 0.6 is 0 Å². The number of benzene rings is 2. The highest BCUT2D eigenvalue weighted by Gasteiger charge is 2.45. The van der Waals surface area contributed by atoms with Gasteiger partial charge in [0, 0.05) is 113 Å². The summed E-state index contributed by atoms with van der Waals surface area (Å²) >= 11 is 0. The number of carbonyl (C=O) groups is 5. The molecule has 0 bridgehead atoms. The third-order valence-corrected chi connectivity index (χ3v) is 12.8. The third kappa shape index (κ3) is 7.49. The van der Waals surface area contributed by atoms with Gasteiger partial charge in [-0.2, -0.15) is 0 Å². The molecule has 9 rings (SSSR count). The molecule has 308 valence electrons. The van der Waals surface area contributed by atoms with Crippen LogP contribution in [0, 0.1) is 12.5 Å². The average molecular weight is 810 g/mol. The normalized spacial score (nSPS) is 21.7. The Morgan fingerprint density at radius 1 is 0.850 bits per heavy atom. The van der Waals surface area contributed by atoms with Crippen LogP contribution in [0.4, 0.5) is 23.0 Å². The van der Waals surface area contributed by atoms with E-state index in [0.717, 1.165) is 85.9 Å². The van der Waals surface area contributed by atoms with E-state index in [-0.39, 0.29) is 31.2 Å². The monoisotopic (exact) mass is 809 g/mol. The minimum atomic E-state index is -0.975. The fraction of sp³-hybridized carbons (Fsp3) is 0.432. The number of aromatic nitrogens is 3. The number of nitrogens with zero attached hydrogens (tertiary/aromatic N) is 10. The summed E-state index contributed by atoms with van der Waals surface area (Å²) in [4.78, 5) is 93.6. The van der Waals surface area contributed by atoms with Gasteiger partial charge in [-0.25, -0.2) is 14.8 Å². The van der Waals surface area contributed by atoms with E-state index in [1.165, 1.54) is 0 Å². The second kappa shape index (κ2) is 16.3. The third-order valence-electron chi connectivity index (χ3n) is 12.8. The summed E-state index contributed by atoms with van der Waals surface area (Å²) in [5.74, 6) is -0.665. The fourth-order valence-corrected chi connectivity index (χ4v) is 9.44. The molecular weight excluding hydrogens is 763 g/mol. The number of anilines is 3. The molecular formula is C44H47N11O5. The zero-order chi connectivity index (χ0) is 41.5. The molecule has 5 amide bonds. The lowest BCUT2D eigenvalue weighted by molar-refractivity contribution is -0.136. The molecule has 0 saturated carbocycles. The molecule has 7 heterocycles. The Labute approximate surface area is 347 Å². The molecule has 60 heavy (non-hydrogen) atoms. The molecule has 0 spiro atoms. The number of hydrogen-bond acceptors (Lipinski definition) is 12. The van der Waals surface area contributed by atoms with E-state index in [1.54, 1.807) is 30.7 Å². The van der Waals surface area contributed by atoms with Gasteiger partial charge in [-0.1, -0.05) is 12.1 Å². The second-order valence-electron chi connectivity index (χ2n) is 16.5. The molecule has 1 unspecified atom stereocenters. The summed E-state index contributed by atoms with van der Waals surface area (Å²) in [6, 6.07) is 12.2. The second-order valence-corrected chi connectivity index (χ2v) is 16.5. The molecule has 16 heteroatoms. The van der Waals surface area contributed by atoms with E-state index < -0.39 is 29.7 Å². The van der Waals surface area contributed by atoms with Gasteiger partial charge in [0.05, 0.1) is 29.6 Å². The predicted octanol–water partition coefficient (Wildman–Crippen LogP) is 3.30. The van der Waals surface area contributed by atoms with Crippen molar-refractivity contribution in [2.75, 3.05) is 80.1 Å². The molecule has 0 aliphatic carbocycles. The first-order chi connectivity index (χ1) is 29.1. The standard InChI is InChI=1S/C44H47N11O5/c1-28-26-53(20-21-54(28)36-8-7-35(45-2)40-33(36)4-3-13-46-40)39(57)22-30-24-47-44(48-25-30)52-14-11-29(12-15-52)27-50-16-18-51(19-17-50)31-5-6-32-34(23-31)43(60)55(42(32)59)37-9-10-38(56)49-41(37)58/h3-8,13,23-25,28-29,37H,9-12,14-22,26-27H2,1H3,(H,49,56,58)/t28-,37?/m0/s1. The average Bonchev–Trinajstić information content (AvgIpc) is 3.51. The number of rotatable bonds is 8. The number of piperazine rings is 2. The number of nitrogens with one attached hydrogen (secondary N) is 1. The Bertz CT molecular complexity index is 2400. The summed E-state index contributed by atoms with van der Waals surface area (Å²) in [6.45, 7) is 17.7. The summed E-state index contributed by atoms with van der Waals surface area (Å²) in [7, 11) is 0. The SMILES string of the molecule is [C-]#[N+]c1ccc(N2CCN(C(=O)Cc3cnc(N4CCC(CN5CCN(c6ccc7c(c6)C(=O)N(C6CCC(=O)NC6=O)C7=O)CC5)CC4)nc3)C[C@@H]2C)c2cccnc12. The van der Waals surface area contributed by atoms with Crippen molar-refractivity contribution in [3.63, 3.8) is 0 Å². The zero-order valence-electron chi connectivity index (χ0n) is 33.6. The maximum Gasteiger partial charge on any atom is 0.262 e. The predicted molar refractivity (Wildman–Crippen MR) is 224 cm³/mol. The number of hydrogen-bond donors (Lipinski definition) is 1. The molecule has 2 aromatic carbocycles. The van der Waals surface area contributed by atoms with E-state index in [9.17, 15) is 24.0 Å². The van der Waals surface area contributed by atoms with Crippen molar-refractivity contribution in [1.82, 2.24) is 35.0 Å². The molecule has 2 aromatic heterocycles. The largest absolute Gasteiger partial charge is 0.369 e. The van der Waals surface area contributed by atoms with Crippen LogP contribution in [-0.4, -0.2) is 137 Å². The number of amides is 5. The van der Waals surface area contributed by atoms with Crippen molar-refractivity contribution in [3.05, 3.63) is 89.2 Å². The summed E-state index contributed by atoms with van der Waals surface area (Å²) in [5.41, 5.74) is 4.55. The first-order valence-electron chi connectivity index (χ1n) is 20.8. The lowest BCUT2D eigenvalue weighted by Gasteiger charge is -2.41. The minimum absolute atomic E-state index is 0.0617. The molecule has 2 atom stereocenters. The van der Waals surface area contributed by atoms with Crippen LogP contribution in [0.25, 0.3) is 15.7 Å². The lowest BCUT2D eigenvalue weighted by Crippen LogP contribution is -2.54. The fourth-order valence-electron chi connectivity index (χ4n) is 9.44. The van der Waals surface area contributed by atoms with Gasteiger partial charge in [0.15, 0.2) is 0 Å². The minimum Gasteiger partial charge on any atom is -0.369 e. The maximum atomic E-state index is 13.4. The van der Waals surface area contributed by atoms with Crippen molar-refractivity contribution in [3.8, 4) is 0 Å². The summed E-state index contributed by atoms with van der Waals surface area (Å²) < 4.78 is 0. The van der Waals surface area contributed by atoms with Crippen LogP contribution < -0.4 is 20.0 Å². The number of imide groups is 2. The van der Waals surface area contributed by atoms with E-state index in [0.29, 0.717) is 53.8 Å². The van der Waals surface area contributed by atoms with Crippen molar-refractivity contribution >= 4 is 63.4 Å². The van der Waals surface area contributed by atoms with Gasteiger partial charge in [0.1, 0.15) is 6.04 Å². The van der Waals surface area contributed by atoms with Crippen molar-refractivity contribution in [2.24, 2.45) is 5.92 Å². The number of fused-ring (bicyclic) bond motifs is 2. The highest BCUT2D eigenvalue weighted by atomic mass is 16.2. The van der Waals surface area contributed by atoms with Gasteiger partial charge in [-0.3, -0.25) is 44.1 Å². The first-order valence-corrected chi connectivity index (χ1v) is 20.8. The van der Waals surface area contributed by atoms with Gasteiger partial charge >= 0.3 is 0 Å². The highest BCUT2D eigenvalue weighted by molar-refractivity contribution is 6.23. The van der Waals surface area contributed by atoms with Crippen molar-refractivity contribution in [1.29, 1.82) is 0 Å². The van der Waals surface area contributed by atoms with E-state index in [1.807, 2.05) is 35.2 Å². The summed E-state index contributed by atoms with van der Waals surface area (Å²) in [6.07, 6.45) is 7.83. The number of piperidine rings is 2.